The Morgan fingerprint density at radius 1 is 1.19 bits per heavy atom. The zero-order valence-electron chi connectivity index (χ0n) is 18.5. The minimum atomic E-state index is -0.901. The zero-order valence-corrected chi connectivity index (χ0v) is 18.5. The van der Waals surface area contributed by atoms with E-state index >= 15 is 0 Å². The first-order chi connectivity index (χ1) is 15.2. The van der Waals surface area contributed by atoms with Crippen LogP contribution in [0.5, 0.6) is 0 Å². The normalized spacial score (nSPS) is 19.3. The van der Waals surface area contributed by atoms with Gasteiger partial charge in [0.05, 0.1) is 12.5 Å². The molecule has 8 nitrogen and oxygen atoms in total. The van der Waals surface area contributed by atoms with Crippen molar-refractivity contribution in [3.63, 3.8) is 0 Å². The molecule has 32 heavy (non-hydrogen) atoms. The third-order valence-electron chi connectivity index (χ3n) is 5.92. The molecule has 1 fully saturated rings. The number of carboxylic acid groups (broad SMARTS) is 1. The van der Waals surface area contributed by atoms with Gasteiger partial charge in [-0.1, -0.05) is 55.4 Å². The number of fused-ring (bicyclic) bond motifs is 1. The largest absolute Gasteiger partial charge is 0.481 e. The molecule has 2 atom stereocenters. The van der Waals surface area contributed by atoms with E-state index in [1.807, 2.05) is 37.4 Å². The number of aromatic nitrogens is 2. The van der Waals surface area contributed by atoms with E-state index in [0.717, 1.165) is 16.3 Å². The van der Waals surface area contributed by atoms with Crippen molar-refractivity contribution in [3.05, 3.63) is 48.4 Å². The van der Waals surface area contributed by atoms with Gasteiger partial charge in [0.1, 0.15) is 0 Å². The van der Waals surface area contributed by atoms with Crippen LogP contribution in [0.1, 0.15) is 45.0 Å². The van der Waals surface area contributed by atoms with Gasteiger partial charge in [-0.15, -0.1) is 0 Å². The number of carboxylic acids is 1. The molecule has 1 amide bonds. The first-order valence-corrected chi connectivity index (χ1v) is 10.7. The van der Waals surface area contributed by atoms with Crippen LogP contribution in [0.2, 0.25) is 0 Å². The number of amides is 1. The first kappa shape index (κ1) is 22.0. The summed E-state index contributed by atoms with van der Waals surface area (Å²) in [5.41, 5.74) is 0.297. The monoisotopic (exact) mass is 436 g/mol. The molecule has 1 aromatic heterocycles. The maximum absolute atomic E-state index is 12.5. The van der Waals surface area contributed by atoms with Crippen LogP contribution in [0.3, 0.4) is 0 Å². The van der Waals surface area contributed by atoms with Gasteiger partial charge < -0.3 is 14.9 Å². The minimum Gasteiger partial charge on any atom is -0.481 e. The SMILES string of the molecule is CN1C[C@H](NC(=O)CC(C)(C)CC(=O)O)C[C@H]1c1nc(-c2ccc3ccccc3c2)no1. The van der Waals surface area contributed by atoms with Crippen LogP contribution in [-0.2, 0) is 9.59 Å². The fourth-order valence-corrected chi connectivity index (χ4v) is 4.39. The first-order valence-electron chi connectivity index (χ1n) is 10.7. The third-order valence-corrected chi connectivity index (χ3v) is 5.92. The number of benzene rings is 2. The van der Waals surface area contributed by atoms with Crippen molar-refractivity contribution in [1.29, 1.82) is 0 Å². The molecule has 0 aliphatic carbocycles. The predicted molar refractivity (Wildman–Crippen MR) is 120 cm³/mol. The highest BCUT2D eigenvalue weighted by Crippen LogP contribution is 2.32. The molecule has 168 valence electrons. The van der Waals surface area contributed by atoms with Crippen molar-refractivity contribution in [2.24, 2.45) is 5.41 Å². The second-order valence-electron chi connectivity index (χ2n) is 9.39. The van der Waals surface area contributed by atoms with Gasteiger partial charge in [0, 0.05) is 24.6 Å². The fraction of sp³-hybridized carbons (Fsp3) is 0.417. The maximum atomic E-state index is 12.5. The van der Waals surface area contributed by atoms with E-state index in [1.165, 1.54) is 0 Å². The molecule has 1 aliphatic rings. The quantitative estimate of drug-likeness (QED) is 0.582. The molecule has 0 spiro atoms. The molecule has 1 saturated heterocycles. The molecular weight excluding hydrogens is 408 g/mol. The smallest absolute Gasteiger partial charge is 0.303 e. The molecule has 0 saturated carbocycles. The van der Waals surface area contributed by atoms with E-state index < -0.39 is 11.4 Å². The van der Waals surface area contributed by atoms with E-state index in [2.05, 4.69) is 32.5 Å². The summed E-state index contributed by atoms with van der Waals surface area (Å²) in [5.74, 6) is 0.0282. The number of likely N-dealkylation sites (tertiary alicyclic amines) is 1. The summed E-state index contributed by atoms with van der Waals surface area (Å²) in [6.45, 7) is 4.23. The van der Waals surface area contributed by atoms with E-state index in [1.54, 1.807) is 13.8 Å². The Labute approximate surface area is 186 Å². The van der Waals surface area contributed by atoms with Gasteiger partial charge in [-0.2, -0.15) is 4.98 Å². The summed E-state index contributed by atoms with van der Waals surface area (Å²) >= 11 is 0. The van der Waals surface area contributed by atoms with E-state index in [4.69, 9.17) is 9.63 Å². The Kier molecular flexibility index (Phi) is 5.97. The van der Waals surface area contributed by atoms with Gasteiger partial charge >= 0.3 is 5.97 Å². The number of hydrogen-bond acceptors (Lipinski definition) is 6. The molecule has 1 aliphatic heterocycles. The summed E-state index contributed by atoms with van der Waals surface area (Å²) in [6.07, 6.45) is 0.769. The molecule has 4 rings (SSSR count). The molecule has 2 heterocycles. The minimum absolute atomic E-state index is 0.0485. The lowest BCUT2D eigenvalue weighted by molar-refractivity contribution is -0.139. The van der Waals surface area contributed by atoms with Gasteiger partial charge in [0.15, 0.2) is 0 Å². The van der Waals surface area contributed by atoms with Crippen LogP contribution in [0, 0.1) is 5.41 Å². The van der Waals surface area contributed by atoms with Gasteiger partial charge in [0.2, 0.25) is 17.6 Å². The molecule has 3 aromatic rings. The number of carbonyl (C=O) groups excluding carboxylic acids is 1. The number of hydrogen-bond donors (Lipinski definition) is 2. The molecular formula is C24H28N4O4. The van der Waals surface area contributed by atoms with Crippen LogP contribution >= 0.6 is 0 Å². The third kappa shape index (κ3) is 4.96. The summed E-state index contributed by atoms with van der Waals surface area (Å²) in [6, 6.07) is 14.0. The highest BCUT2D eigenvalue weighted by Gasteiger charge is 2.36. The summed E-state index contributed by atoms with van der Waals surface area (Å²) in [4.78, 5) is 30.2. The summed E-state index contributed by atoms with van der Waals surface area (Å²) < 4.78 is 5.58. The number of carbonyl (C=O) groups is 2. The highest BCUT2D eigenvalue weighted by molar-refractivity contribution is 5.86. The van der Waals surface area contributed by atoms with E-state index in [0.29, 0.717) is 24.7 Å². The van der Waals surface area contributed by atoms with Gasteiger partial charge in [0.25, 0.3) is 0 Å². The lowest BCUT2D eigenvalue weighted by Crippen LogP contribution is -2.38. The predicted octanol–water partition coefficient (Wildman–Crippen LogP) is 3.64. The average molecular weight is 437 g/mol. The average Bonchev–Trinajstić information content (AvgIpc) is 3.32. The van der Waals surface area contributed by atoms with Gasteiger partial charge in [-0.05, 0) is 35.7 Å². The van der Waals surface area contributed by atoms with Crippen molar-refractivity contribution in [1.82, 2.24) is 20.4 Å². The Bertz CT molecular complexity index is 1140. The van der Waals surface area contributed by atoms with Crippen molar-refractivity contribution in [2.75, 3.05) is 13.6 Å². The molecule has 8 heteroatoms. The highest BCUT2D eigenvalue weighted by atomic mass is 16.5. The number of aliphatic carboxylic acids is 1. The van der Waals surface area contributed by atoms with Crippen LogP contribution in [-0.4, -0.2) is 51.7 Å². The molecule has 0 bridgehead atoms. The Morgan fingerprint density at radius 2 is 1.94 bits per heavy atom. The number of likely N-dealkylation sites (N-methyl/N-ethyl adjacent to an activating group) is 1. The lowest BCUT2D eigenvalue weighted by atomic mass is 9.85. The van der Waals surface area contributed by atoms with Crippen molar-refractivity contribution in [2.45, 2.75) is 45.2 Å². The van der Waals surface area contributed by atoms with Gasteiger partial charge in [-0.25, -0.2) is 0 Å². The Balaban J connectivity index is 1.41. The van der Waals surface area contributed by atoms with Crippen molar-refractivity contribution < 1.29 is 19.2 Å². The molecule has 0 unspecified atom stereocenters. The zero-order chi connectivity index (χ0) is 22.9. The Morgan fingerprint density at radius 3 is 2.69 bits per heavy atom. The standard InChI is InChI=1S/C24H28N4O4/c1-24(2,13-21(30)31)12-20(29)25-18-11-19(28(3)14-18)23-26-22(27-32-23)17-9-8-15-6-4-5-7-16(15)10-17/h4-10,18-19H,11-14H2,1-3H3,(H,25,29)(H,30,31)/t18-,19+/m1/s1. The fourth-order valence-electron chi connectivity index (χ4n) is 4.39. The van der Waals surface area contributed by atoms with Crippen LogP contribution in [0.15, 0.2) is 47.0 Å². The van der Waals surface area contributed by atoms with Crippen molar-refractivity contribution in [3.8, 4) is 11.4 Å². The van der Waals surface area contributed by atoms with E-state index in [9.17, 15) is 9.59 Å². The van der Waals surface area contributed by atoms with Crippen LogP contribution < -0.4 is 5.32 Å². The van der Waals surface area contributed by atoms with Gasteiger partial charge in [-0.3, -0.25) is 14.5 Å². The number of rotatable bonds is 7. The molecule has 2 N–H and O–H groups in total. The lowest BCUT2D eigenvalue weighted by Gasteiger charge is -2.22. The van der Waals surface area contributed by atoms with Crippen molar-refractivity contribution >= 4 is 22.6 Å². The number of nitrogens with zero attached hydrogens (tertiary/aromatic N) is 3. The summed E-state index contributed by atoms with van der Waals surface area (Å²) in [5, 5.41) is 18.5. The van der Waals surface area contributed by atoms with Crippen LogP contribution in [0.4, 0.5) is 0 Å². The van der Waals surface area contributed by atoms with E-state index in [-0.39, 0.29) is 30.8 Å². The summed E-state index contributed by atoms with van der Waals surface area (Å²) in [7, 11) is 1.96. The second-order valence-corrected chi connectivity index (χ2v) is 9.39. The molecule has 2 aromatic carbocycles. The number of nitrogens with one attached hydrogen (secondary N) is 1. The topological polar surface area (TPSA) is 109 Å². The maximum Gasteiger partial charge on any atom is 0.303 e. The Hall–Kier alpha value is -3.26. The van der Waals surface area contributed by atoms with Crippen LogP contribution in [0.25, 0.3) is 22.2 Å². The second kappa shape index (κ2) is 8.70. The molecule has 0 radical (unpaired) electrons.